The first-order valence-electron chi connectivity index (χ1n) is 10.4. The highest BCUT2D eigenvalue weighted by atomic mass is 79.9. The number of esters is 2. The van der Waals surface area contributed by atoms with Crippen LogP contribution >= 0.6 is 39.0 Å². The second kappa shape index (κ2) is 11.7. The molecule has 1 N–H and O–H groups in total. The molecule has 0 aliphatic carbocycles. The van der Waals surface area contributed by atoms with Crippen molar-refractivity contribution in [2.45, 2.75) is 39.4 Å². The zero-order valence-corrected chi connectivity index (χ0v) is 22.2. The summed E-state index contributed by atoms with van der Waals surface area (Å²) in [6.45, 7) is 7.86. The third kappa shape index (κ3) is 5.70. The maximum absolute atomic E-state index is 12.7. The van der Waals surface area contributed by atoms with Crippen molar-refractivity contribution in [2.24, 2.45) is 0 Å². The van der Waals surface area contributed by atoms with Gasteiger partial charge in [0.25, 0.3) is 0 Å². The third-order valence-electron chi connectivity index (χ3n) is 4.50. The molecule has 0 aliphatic heterocycles. The molecule has 0 radical (unpaired) electrons. The van der Waals surface area contributed by atoms with E-state index in [4.69, 9.17) is 13.9 Å². The number of thioether (sulfide) groups is 1. The van der Waals surface area contributed by atoms with E-state index in [1.807, 2.05) is 11.5 Å². The number of hydrogen-bond donors (Lipinski definition) is 1. The van der Waals surface area contributed by atoms with Crippen molar-refractivity contribution >= 4 is 61.9 Å². The largest absolute Gasteiger partial charge is 0.462 e. The van der Waals surface area contributed by atoms with Gasteiger partial charge in [-0.1, -0.05) is 11.8 Å². The van der Waals surface area contributed by atoms with Crippen molar-refractivity contribution in [3.8, 4) is 11.6 Å². The van der Waals surface area contributed by atoms with Crippen molar-refractivity contribution in [1.29, 1.82) is 0 Å². The van der Waals surface area contributed by atoms with Gasteiger partial charge >= 0.3 is 11.9 Å². The van der Waals surface area contributed by atoms with Gasteiger partial charge < -0.3 is 19.2 Å². The highest BCUT2D eigenvalue weighted by Crippen LogP contribution is 2.35. The second-order valence-corrected chi connectivity index (χ2v) is 9.44. The predicted octanol–water partition coefficient (Wildman–Crippen LogP) is 4.77. The monoisotopic (exact) mass is 570 g/mol. The molecule has 0 atom stereocenters. The molecular formula is C21H23BrN4O6S2. The Morgan fingerprint density at radius 2 is 1.85 bits per heavy atom. The molecular weight excluding hydrogens is 548 g/mol. The highest BCUT2D eigenvalue weighted by Gasteiger charge is 2.27. The van der Waals surface area contributed by atoms with Crippen LogP contribution in [0, 0.1) is 6.92 Å². The first-order chi connectivity index (χ1) is 16.3. The van der Waals surface area contributed by atoms with Gasteiger partial charge in [-0.2, -0.15) is 0 Å². The van der Waals surface area contributed by atoms with Gasteiger partial charge in [0, 0.05) is 6.54 Å². The SMILES string of the molecule is CCOC(=O)c1sc(NC(=O)CSc2nnc(-c3ccc(Br)o3)n2CC)c(C(=O)OCC)c1C. The summed E-state index contributed by atoms with van der Waals surface area (Å²) in [4.78, 5) is 37.8. The standard InChI is InChI=1S/C21H23BrN4O6S2/c1-5-26-17(12-8-9-13(22)32-12)24-25-21(26)33-10-14(27)23-18-15(19(28)30-6-2)11(4)16(34-18)20(29)31-7-3/h8-9H,5-7,10H2,1-4H3,(H,23,27). The van der Waals surface area contributed by atoms with E-state index in [2.05, 4.69) is 31.4 Å². The number of rotatable bonds is 10. The van der Waals surface area contributed by atoms with Crippen LogP contribution < -0.4 is 5.32 Å². The number of aromatic nitrogens is 3. The molecule has 3 aromatic heterocycles. The molecule has 1 amide bonds. The summed E-state index contributed by atoms with van der Waals surface area (Å²) >= 11 is 5.45. The Hall–Kier alpha value is -2.64. The number of carbonyl (C=O) groups is 3. The molecule has 3 rings (SSSR count). The van der Waals surface area contributed by atoms with Crippen LogP contribution in [0.25, 0.3) is 11.6 Å². The van der Waals surface area contributed by atoms with Crippen molar-refractivity contribution < 1.29 is 28.3 Å². The van der Waals surface area contributed by atoms with E-state index in [-0.39, 0.29) is 40.3 Å². The summed E-state index contributed by atoms with van der Waals surface area (Å²) in [6.07, 6.45) is 0. The first kappa shape index (κ1) is 26.0. The number of anilines is 1. The molecule has 10 nitrogen and oxygen atoms in total. The van der Waals surface area contributed by atoms with E-state index in [9.17, 15) is 14.4 Å². The van der Waals surface area contributed by atoms with Gasteiger partial charge in [-0.05, 0) is 61.3 Å². The quantitative estimate of drug-likeness (QED) is 0.270. The molecule has 0 saturated carbocycles. The topological polar surface area (TPSA) is 126 Å². The number of ether oxygens (including phenoxy) is 2. The highest BCUT2D eigenvalue weighted by molar-refractivity contribution is 9.10. The molecule has 34 heavy (non-hydrogen) atoms. The smallest absolute Gasteiger partial charge is 0.348 e. The second-order valence-electron chi connectivity index (χ2n) is 6.69. The molecule has 3 aromatic rings. The minimum atomic E-state index is -0.616. The molecule has 0 saturated heterocycles. The van der Waals surface area contributed by atoms with Crippen LogP contribution in [0.4, 0.5) is 5.00 Å². The number of amides is 1. The van der Waals surface area contributed by atoms with Gasteiger partial charge in [0.15, 0.2) is 15.6 Å². The Labute approximate surface area is 212 Å². The molecule has 0 bridgehead atoms. The van der Waals surface area contributed by atoms with Crippen LogP contribution in [0.15, 0.2) is 26.4 Å². The molecule has 0 spiro atoms. The Balaban J connectivity index is 1.77. The fraction of sp³-hybridized carbons (Fsp3) is 0.381. The summed E-state index contributed by atoms with van der Waals surface area (Å²) < 4.78 is 18.2. The van der Waals surface area contributed by atoms with E-state index in [0.29, 0.717) is 33.5 Å². The lowest BCUT2D eigenvalue weighted by atomic mass is 10.1. The van der Waals surface area contributed by atoms with E-state index < -0.39 is 11.9 Å². The molecule has 0 aliphatic rings. The van der Waals surface area contributed by atoms with Crippen LogP contribution in [-0.4, -0.2) is 51.6 Å². The van der Waals surface area contributed by atoms with Crippen LogP contribution in [-0.2, 0) is 20.8 Å². The number of nitrogens with one attached hydrogen (secondary N) is 1. The summed E-state index contributed by atoms with van der Waals surface area (Å²) in [7, 11) is 0. The average molecular weight is 571 g/mol. The molecule has 0 unspecified atom stereocenters. The Bertz CT molecular complexity index is 1200. The molecule has 13 heteroatoms. The maximum Gasteiger partial charge on any atom is 0.348 e. The number of furan rings is 1. The predicted molar refractivity (Wildman–Crippen MR) is 131 cm³/mol. The van der Waals surface area contributed by atoms with E-state index in [0.717, 1.165) is 11.3 Å². The van der Waals surface area contributed by atoms with Gasteiger partial charge in [0.1, 0.15) is 9.88 Å². The molecule has 0 fully saturated rings. The van der Waals surface area contributed by atoms with Crippen molar-refractivity contribution in [3.63, 3.8) is 0 Å². The lowest BCUT2D eigenvalue weighted by Crippen LogP contribution is -2.17. The number of hydrogen-bond acceptors (Lipinski definition) is 10. The molecule has 0 aromatic carbocycles. The zero-order chi connectivity index (χ0) is 24.8. The first-order valence-corrected chi connectivity index (χ1v) is 13.0. The lowest BCUT2D eigenvalue weighted by molar-refractivity contribution is -0.113. The van der Waals surface area contributed by atoms with Crippen LogP contribution in [0.5, 0.6) is 0 Å². The third-order valence-corrected chi connectivity index (χ3v) is 7.08. The van der Waals surface area contributed by atoms with Gasteiger partial charge in [0.2, 0.25) is 11.7 Å². The van der Waals surface area contributed by atoms with Crippen molar-refractivity contribution in [3.05, 3.63) is 32.8 Å². The number of nitrogens with zero attached hydrogens (tertiary/aromatic N) is 3. The zero-order valence-electron chi connectivity index (χ0n) is 19.0. The van der Waals surface area contributed by atoms with Gasteiger partial charge in [-0.25, -0.2) is 9.59 Å². The maximum atomic E-state index is 12.7. The number of halogens is 1. The average Bonchev–Trinajstić information content (AvgIpc) is 3.49. The van der Waals surface area contributed by atoms with E-state index in [1.54, 1.807) is 32.9 Å². The number of thiophene rings is 1. The van der Waals surface area contributed by atoms with Crippen molar-refractivity contribution in [2.75, 3.05) is 24.3 Å². The van der Waals surface area contributed by atoms with Gasteiger partial charge in [-0.3, -0.25) is 9.36 Å². The van der Waals surface area contributed by atoms with Crippen LogP contribution in [0.1, 0.15) is 46.4 Å². The van der Waals surface area contributed by atoms with Gasteiger partial charge in [0.05, 0.1) is 24.5 Å². The summed E-state index contributed by atoms with van der Waals surface area (Å²) in [5, 5.41) is 11.9. The minimum Gasteiger partial charge on any atom is -0.462 e. The lowest BCUT2D eigenvalue weighted by Gasteiger charge is -2.08. The summed E-state index contributed by atoms with van der Waals surface area (Å²) in [6, 6.07) is 3.54. The molecule has 182 valence electrons. The molecule has 3 heterocycles. The Morgan fingerprint density at radius 1 is 1.15 bits per heavy atom. The number of carbonyl (C=O) groups excluding carboxylic acids is 3. The van der Waals surface area contributed by atoms with E-state index >= 15 is 0 Å². The fourth-order valence-corrected chi connectivity index (χ4v) is 5.25. The van der Waals surface area contributed by atoms with E-state index in [1.165, 1.54) is 11.8 Å². The fourth-order valence-electron chi connectivity index (χ4n) is 3.03. The van der Waals surface area contributed by atoms with Crippen LogP contribution in [0.3, 0.4) is 0 Å². The summed E-state index contributed by atoms with van der Waals surface area (Å²) in [5.74, 6) is -0.437. The summed E-state index contributed by atoms with van der Waals surface area (Å²) in [5.41, 5.74) is 0.556. The Kier molecular flexibility index (Phi) is 8.91. The normalized spacial score (nSPS) is 10.9. The van der Waals surface area contributed by atoms with Crippen LogP contribution in [0.2, 0.25) is 0 Å². The van der Waals surface area contributed by atoms with Gasteiger partial charge in [-0.15, -0.1) is 21.5 Å². The minimum absolute atomic E-state index is 0.00787. The Morgan fingerprint density at radius 3 is 2.47 bits per heavy atom. The van der Waals surface area contributed by atoms with Crippen molar-refractivity contribution in [1.82, 2.24) is 14.8 Å².